The van der Waals surface area contributed by atoms with E-state index in [-0.39, 0.29) is 15.7 Å². The molecule has 0 spiro atoms. The third kappa shape index (κ3) is 2.74. The van der Waals surface area contributed by atoms with Crippen molar-refractivity contribution in [1.82, 2.24) is 5.32 Å². The maximum absolute atomic E-state index is 11.6. The normalized spacial score (nSPS) is 29.6. The fourth-order valence-electron chi connectivity index (χ4n) is 1.47. The van der Waals surface area contributed by atoms with Crippen LogP contribution < -0.4 is 5.32 Å². The Morgan fingerprint density at radius 1 is 1.60 bits per heavy atom. The molecule has 0 aromatic carbocycles. The predicted octanol–water partition coefficient (Wildman–Crippen LogP) is 1.78. The number of amides is 1. The summed E-state index contributed by atoms with van der Waals surface area (Å²) in [7, 11) is 1.67. The van der Waals surface area contributed by atoms with Gasteiger partial charge in [0.25, 0.3) is 0 Å². The van der Waals surface area contributed by atoms with Gasteiger partial charge in [-0.15, -0.1) is 0 Å². The minimum atomic E-state index is -0.102. The second kappa shape index (κ2) is 4.55. The molecule has 0 bridgehead atoms. The summed E-state index contributed by atoms with van der Waals surface area (Å²) in [5.74, 6) is 0.795. The Hall–Kier alpha value is -0.520. The van der Waals surface area contributed by atoms with Gasteiger partial charge in [-0.2, -0.15) is 0 Å². The standard InChI is InChI=1S/C11H14INO2/c1-13-11(14)9-6-8(4-5-10(9)12)15-7-2-3-7/h4-7,9-10H,2-3H2,1H3,(H,13,14). The molecule has 2 rings (SSSR count). The van der Waals surface area contributed by atoms with Crippen LogP contribution in [0.1, 0.15) is 12.8 Å². The summed E-state index contributed by atoms with van der Waals surface area (Å²) in [6, 6.07) is 0. The minimum Gasteiger partial charge on any atom is -0.491 e. The lowest BCUT2D eigenvalue weighted by molar-refractivity contribution is -0.122. The zero-order valence-corrected chi connectivity index (χ0v) is 10.7. The molecule has 3 nitrogen and oxygen atoms in total. The molecule has 2 aliphatic rings. The number of nitrogens with one attached hydrogen (secondary N) is 1. The first-order valence-corrected chi connectivity index (χ1v) is 6.37. The molecular weight excluding hydrogens is 305 g/mol. The highest BCUT2D eigenvalue weighted by molar-refractivity contribution is 14.1. The molecule has 0 aromatic rings. The Morgan fingerprint density at radius 3 is 2.93 bits per heavy atom. The van der Waals surface area contributed by atoms with E-state index in [1.165, 1.54) is 0 Å². The molecular formula is C11H14INO2. The maximum atomic E-state index is 11.6. The third-order valence-electron chi connectivity index (χ3n) is 2.51. The molecule has 2 aliphatic carbocycles. The highest BCUT2D eigenvalue weighted by Gasteiger charge is 2.28. The van der Waals surface area contributed by atoms with Crippen molar-refractivity contribution < 1.29 is 9.53 Å². The van der Waals surface area contributed by atoms with Crippen LogP contribution in [0, 0.1) is 5.92 Å². The number of rotatable bonds is 3. The topological polar surface area (TPSA) is 38.3 Å². The first kappa shape index (κ1) is 11.0. The molecule has 2 atom stereocenters. The molecule has 0 radical (unpaired) electrons. The summed E-state index contributed by atoms with van der Waals surface area (Å²) >= 11 is 2.27. The van der Waals surface area contributed by atoms with Gasteiger partial charge in [0.15, 0.2) is 0 Å². The van der Waals surface area contributed by atoms with Crippen LogP contribution in [0.3, 0.4) is 0 Å². The van der Waals surface area contributed by atoms with E-state index >= 15 is 0 Å². The first-order chi connectivity index (χ1) is 7.20. The SMILES string of the molecule is CNC(=O)C1C=C(OC2CC2)C=CC1I. The van der Waals surface area contributed by atoms with E-state index in [9.17, 15) is 4.79 Å². The summed E-state index contributed by atoms with van der Waals surface area (Å²) in [6.45, 7) is 0. The first-order valence-electron chi connectivity index (χ1n) is 5.13. The largest absolute Gasteiger partial charge is 0.491 e. The molecule has 0 aliphatic heterocycles. The van der Waals surface area contributed by atoms with Crippen LogP contribution in [0.5, 0.6) is 0 Å². The summed E-state index contributed by atoms with van der Waals surface area (Å²) in [5.41, 5.74) is 0. The van der Waals surface area contributed by atoms with Gasteiger partial charge < -0.3 is 10.1 Å². The smallest absolute Gasteiger partial charge is 0.228 e. The van der Waals surface area contributed by atoms with Gasteiger partial charge >= 0.3 is 0 Å². The van der Waals surface area contributed by atoms with Crippen molar-refractivity contribution in [2.75, 3.05) is 7.05 Å². The van der Waals surface area contributed by atoms with E-state index in [2.05, 4.69) is 27.9 Å². The maximum Gasteiger partial charge on any atom is 0.228 e. The summed E-state index contributed by atoms with van der Waals surface area (Å²) in [4.78, 5) is 11.6. The van der Waals surface area contributed by atoms with Gasteiger partial charge in [-0.1, -0.05) is 28.7 Å². The minimum absolute atomic E-state index is 0.0515. The van der Waals surface area contributed by atoms with E-state index in [1.54, 1.807) is 7.05 Å². The van der Waals surface area contributed by atoms with Crippen molar-refractivity contribution in [3.63, 3.8) is 0 Å². The van der Waals surface area contributed by atoms with Crippen molar-refractivity contribution in [2.45, 2.75) is 22.9 Å². The van der Waals surface area contributed by atoms with Crippen molar-refractivity contribution in [1.29, 1.82) is 0 Å². The van der Waals surface area contributed by atoms with Crippen LogP contribution in [0.2, 0.25) is 0 Å². The van der Waals surface area contributed by atoms with Gasteiger partial charge in [0, 0.05) is 11.0 Å². The second-order valence-electron chi connectivity index (χ2n) is 3.83. The quantitative estimate of drug-likeness (QED) is 0.636. The van der Waals surface area contributed by atoms with Gasteiger partial charge in [0.05, 0.1) is 12.0 Å². The van der Waals surface area contributed by atoms with Crippen LogP contribution in [0.4, 0.5) is 0 Å². The van der Waals surface area contributed by atoms with Crippen LogP contribution in [-0.2, 0) is 9.53 Å². The van der Waals surface area contributed by atoms with Gasteiger partial charge in [0.2, 0.25) is 5.91 Å². The van der Waals surface area contributed by atoms with Crippen LogP contribution in [-0.4, -0.2) is 23.0 Å². The lowest BCUT2D eigenvalue weighted by Crippen LogP contribution is -2.32. The molecule has 15 heavy (non-hydrogen) atoms. The second-order valence-corrected chi connectivity index (χ2v) is 5.27. The highest BCUT2D eigenvalue weighted by Crippen LogP contribution is 2.30. The van der Waals surface area contributed by atoms with Crippen molar-refractivity contribution in [3.8, 4) is 0 Å². The Bertz CT molecular complexity index is 321. The van der Waals surface area contributed by atoms with E-state index < -0.39 is 0 Å². The van der Waals surface area contributed by atoms with Crippen LogP contribution in [0.15, 0.2) is 24.0 Å². The lowest BCUT2D eigenvalue weighted by atomic mass is 9.99. The Kier molecular flexibility index (Phi) is 3.33. The molecule has 1 amide bonds. The van der Waals surface area contributed by atoms with Crippen LogP contribution >= 0.6 is 22.6 Å². The average molecular weight is 319 g/mol. The molecule has 0 saturated heterocycles. The molecule has 1 fully saturated rings. The Morgan fingerprint density at radius 2 is 2.33 bits per heavy atom. The monoisotopic (exact) mass is 319 g/mol. The number of carbonyl (C=O) groups excluding carboxylic acids is 1. The van der Waals surface area contributed by atoms with Gasteiger partial charge in [-0.05, 0) is 25.0 Å². The molecule has 1 saturated carbocycles. The molecule has 0 heterocycles. The van der Waals surface area contributed by atoms with Gasteiger partial charge in [-0.25, -0.2) is 0 Å². The van der Waals surface area contributed by atoms with Crippen molar-refractivity contribution >= 4 is 28.5 Å². The van der Waals surface area contributed by atoms with Crippen LogP contribution in [0.25, 0.3) is 0 Å². The van der Waals surface area contributed by atoms with Crippen molar-refractivity contribution in [2.24, 2.45) is 5.92 Å². The van der Waals surface area contributed by atoms with Crippen molar-refractivity contribution in [3.05, 3.63) is 24.0 Å². The summed E-state index contributed by atoms with van der Waals surface area (Å²) < 4.78 is 5.88. The fourth-order valence-corrected chi connectivity index (χ4v) is 2.22. The number of hydrogen-bond donors (Lipinski definition) is 1. The zero-order chi connectivity index (χ0) is 10.8. The van der Waals surface area contributed by atoms with Gasteiger partial charge in [-0.3, -0.25) is 4.79 Å². The number of hydrogen-bond acceptors (Lipinski definition) is 2. The highest BCUT2D eigenvalue weighted by atomic mass is 127. The molecule has 1 N–H and O–H groups in total. The summed E-state index contributed by atoms with van der Waals surface area (Å²) in [6.07, 6.45) is 8.59. The molecule has 0 aromatic heterocycles. The van der Waals surface area contributed by atoms with E-state index in [1.807, 2.05) is 18.2 Å². The van der Waals surface area contributed by atoms with E-state index in [0.29, 0.717) is 6.10 Å². The molecule has 82 valence electrons. The number of alkyl halides is 1. The zero-order valence-electron chi connectivity index (χ0n) is 8.57. The lowest BCUT2D eigenvalue weighted by Gasteiger charge is -2.20. The number of ether oxygens (including phenoxy) is 1. The number of allylic oxidation sites excluding steroid dienone is 2. The Balaban J connectivity index is 2.05. The fraction of sp³-hybridized carbons (Fsp3) is 0.545. The third-order valence-corrected chi connectivity index (χ3v) is 3.70. The molecule has 4 heteroatoms. The van der Waals surface area contributed by atoms with E-state index in [4.69, 9.17) is 4.74 Å². The van der Waals surface area contributed by atoms with Gasteiger partial charge in [0.1, 0.15) is 5.76 Å². The van der Waals surface area contributed by atoms with E-state index in [0.717, 1.165) is 18.6 Å². The molecule has 2 unspecified atom stereocenters. The number of halogens is 1. The predicted molar refractivity (Wildman–Crippen MR) is 66.7 cm³/mol. The average Bonchev–Trinajstić information content (AvgIpc) is 3.04. The number of carbonyl (C=O) groups is 1. The summed E-state index contributed by atoms with van der Waals surface area (Å²) in [5, 5.41) is 2.68. The Labute approximate surface area is 103 Å².